The standard InChI is InChI=1S/C31H32F3N3O5S2/c32-31(33,34)20-12-11-13-21(18-20)35-24(38)19-37-23-15-9-8-14-22(23)26(28(37)41)27-29(42)36(30(43)44-27)17-10-6-4-2-1-3-5-7-16-25(39)40/h8-9,11-15,18H,1-7,10,16-17,19H2,(H,35,38)(H,39,40). The SMILES string of the molecule is O=C(O)CCCCCCCCCCN1C(=O)C(=C2C(=O)N(CC(=O)Nc3cccc(C(F)(F)F)c3)c3ccccc32)SC1=S. The van der Waals surface area contributed by atoms with E-state index in [4.69, 9.17) is 17.3 Å². The van der Waals surface area contributed by atoms with Crippen LogP contribution in [-0.4, -0.2) is 51.1 Å². The van der Waals surface area contributed by atoms with Crippen LogP contribution in [0, 0.1) is 0 Å². The number of halogens is 3. The van der Waals surface area contributed by atoms with E-state index >= 15 is 0 Å². The molecule has 234 valence electrons. The average Bonchev–Trinajstić information content (AvgIpc) is 3.40. The Bertz CT molecular complexity index is 1480. The molecule has 13 heteroatoms. The van der Waals surface area contributed by atoms with Crippen LogP contribution in [0.25, 0.3) is 5.57 Å². The number of carbonyl (C=O) groups excluding carboxylic acids is 3. The van der Waals surface area contributed by atoms with Gasteiger partial charge in [0.1, 0.15) is 10.9 Å². The molecular formula is C31H32F3N3O5S2. The van der Waals surface area contributed by atoms with Gasteiger partial charge in [-0.25, -0.2) is 0 Å². The van der Waals surface area contributed by atoms with Crippen molar-refractivity contribution in [2.45, 2.75) is 64.0 Å². The lowest BCUT2D eigenvalue weighted by molar-refractivity contribution is -0.138. The number of carboxylic acids is 1. The van der Waals surface area contributed by atoms with Crippen molar-refractivity contribution in [1.82, 2.24) is 4.90 Å². The number of amides is 3. The van der Waals surface area contributed by atoms with Gasteiger partial charge in [-0.3, -0.25) is 29.0 Å². The van der Waals surface area contributed by atoms with Gasteiger partial charge in [0.05, 0.1) is 21.7 Å². The number of carbonyl (C=O) groups is 4. The number of carboxylic acid groups (broad SMARTS) is 1. The smallest absolute Gasteiger partial charge is 0.416 e. The third kappa shape index (κ3) is 8.26. The average molecular weight is 648 g/mol. The summed E-state index contributed by atoms with van der Waals surface area (Å²) in [7, 11) is 0. The molecule has 0 spiro atoms. The van der Waals surface area contributed by atoms with E-state index in [9.17, 15) is 32.3 Å². The number of thioether (sulfide) groups is 1. The molecule has 0 aromatic heterocycles. The lowest BCUT2D eigenvalue weighted by Gasteiger charge is -2.17. The number of thiocarbonyl (C=S) groups is 1. The largest absolute Gasteiger partial charge is 0.481 e. The van der Waals surface area contributed by atoms with Crippen molar-refractivity contribution in [3.8, 4) is 0 Å². The van der Waals surface area contributed by atoms with Crippen molar-refractivity contribution in [3.05, 3.63) is 64.6 Å². The van der Waals surface area contributed by atoms with Gasteiger partial charge in [-0.05, 0) is 37.1 Å². The Morgan fingerprint density at radius 2 is 1.52 bits per heavy atom. The highest BCUT2D eigenvalue weighted by atomic mass is 32.2. The molecule has 0 saturated carbocycles. The highest BCUT2D eigenvalue weighted by Crippen LogP contribution is 2.44. The first-order valence-electron chi connectivity index (χ1n) is 14.4. The van der Waals surface area contributed by atoms with Gasteiger partial charge in [0.15, 0.2) is 0 Å². The number of alkyl halides is 3. The van der Waals surface area contributed by atoms with E-state index in [1.54, 1.807) is 24.3 Å². The molecule has 4 rings (SSSR count). The molecule has 2 aromatic carbocycles. The predicted octanol–water partition coefficient (Wildman–Crippen LogP) is 6.86. The lowest BCUT2D eigenvalue weighted by Crippen LogP contribution is -2.35. The van der Waals surface area contributed by atoms with E-state index < -0.39 is 36.1 Å². The van der Waals surface area contributed by atoms with Gasteiger partial charge < -0.3 is 10.4 Å². The molecule has 2 aliphatic rings. The molecule has 44 heavy (non-hydrogen) atoms. The second-order valence-electron chi connectivity index (χ2n) is 10.5. The van der Waals surface area contributed by atoms with Crippen molar-refractivity contribution >= 4 is 68.9 Å². The third-order valence-corrected chi connectivity index (χ3v) is 8.75. The molecule has 1 saturated heterocycles. The van der Waals surface area contributed by atoms with Crippen LogP contribution >= 0.6 is 24.0 Å². The number of para-hydroxylation sites is 1. The van der Waals surface area contributed by atoms with Crippen LogP contribution in [0.15, 0.2) is 53.4 Å². The number of hydrogen-bond acceptors (Lipinski definition) is 6. The molecule has 2 heterocycles. The molecule has 8 nitrogen and oxygen atoms in total. The van der Waals surface area contributed by atoms with E-state index in [2.05, 4.69) is 5.32 Å². The number of benzene rings is 2. The van der Waals surface area contributed by atoms with E-state index in [1.165, 1.54) is 21.9 Å². The Kier molecular flexibility index (Phi) is 11.2. The number of rotatable bonds is 14. The summed E-state index contributed by atoms with van der Waals surface area (Å²) in [5.41, 5.74) is 0.0807. The van der Waals surface area contributed by atoms with Gasteiger partial charge >= 0.3 is 12.1 Å². The fourth-order valence-electron chi connectivity index (χ4n) is 5.12. The van der Waals surface area contributed by atoms with Crippen molar-refractivity contribution in [2.75, 3.05) is 23.3 Å². The number of nitrogens with zero attached hydrogens (tertiary/aromatic N) is 2. The van der Waals surface area contributed by atoms with Crippen molar-refractivity contribution in [2.24, 2.45) is 0 Å². The van der Waals surface area contributed by atoms with Crippen LogP contribution in [0.5, 0.6) is 0 Å². The summed E-state index contributed by atoms with van der Waals surface area (Å²) < 4.78 is 39.6. The Hall–Kier alpha value is -3.71. The summed E-state index contributed by atoms with van der Waals surface area (Å²) in [4.78, 5) is 53.4. The summed E-state index contributed by atoms with van der Waals surface area (Å²) in [6.45, 7) is -0.0472. The van der Waals surface area contributed by atoms with Crippen LogP contribution in [0.1, 0.15) is 68.9 Å². The van der Waals surface area contributed by atoms with Crippen LogP contribution in [-0.2, 0) is 25.4 Å². The van der Waals surface area contributed by atoms with Gasteiger partial charge in [-0.15, -0.1) is 0 Å². The Morgan fingerprint density at radius 3 is 2.20 bits per heavy atom. The molecule has 1 fully saturated rings. The first-order chi connectivity index (χ1) is 21.0. The minimum atomic E-state index is -4.57. The quantitative estimate of drug-likeness (QED) is 0.131. The van der Waals surface area contributed by atoms with E-state index in [1.807, 2.05) is 0 Å². The van der Waals surface area contributed by atoms with Gasteiger partial charge in [0.25, 0.3) is 11.8 Å². The fraction of sp³-hybridized carbons (Fsp3) is 0.387. The Balaban J connectivity index is 1.36. The maximum Gasteiger partial charge on any atom is 0.416 e. The Labute approximate surface area is 262 Å². The summed E-state index contributed by atoms with van der Waals surface area (Å²) in [6, 6.07) is 11.0. The van der Waals surface area contributed by atoms with E-state index in [0.717, 1.165) is 68.8 Å². The highest BCUT2D eigenvalue weighted by Gasteiger charge is 2.42. The minimum absolute atomic E-state index is 0.0541. The third-order valence-electron chi connectivity index (χ3n) is 7.30. The molecule has 0 radical (unpaired) electrons. The van der Waals surface area contributed by atoms with Crippen molar-refractivity contribution in [3.63, 3.8) is 0 Å². The molecule has 0 bridgehead atoms. The molecule has 2 aliphatic heterocycles. The van der Waals surface area contributed by atoms with Gasteiger partial charge in [0.2, 0.25) is 5.91 Å². The predicted molar refractivity (Wildman–Crippen MR) is 167 cm³/mol. The fourth-order valence-corrected chi connectivity index (χ4v) is 6.50. The summed E-state index contributed by atoms with van der Waals surface area (Å²) in [5.74, 6) is -2.39. The topological polar surface area (TPSA) is 107 Å². The van der Waals surface area contributed by atoms with Gasteiger partial charge in [-0.2, -0.15) is 13.2 Å². The molecular weight excluding hydrogens is 615 g/mol. The maximum atomic E-state index is 13.6. The number of unbranched alkanes of at least 4 members (excludes halogenated alkanes) is 7. The zero-order valence-corrected chi connectivity index (χ0v) is 25.5. The number of aliphatic carboxylic acids is 1. The summed E-state index contributed by atoms with van der Waals surface area (Å²) in [6.07, 6.45) is 2.89. The zero-order valence-electron chi connectivity index (χ0n) is 23.8. The van der Waals surface area contributed by atoms with Crippen LogP contribution in [0.2, 0.25) is 0 Å². The molecule has 3 amide bonds. The van der Waals surface area contributed by atoms with Gasteiger partial charge in [0, 0.05) is 24.2 Å². The molecule has 0 atom stereocenters. The van der Waals surface area contributed by atoms with Crippen molar-refractivity contribution < 1.29 is 37.5 Å². The van der Waals surface area contributed by atoms with E-state index in [0.29, 0.717) is 28.5 Å². The number of anilines is 2. The summed E-state index contributed by atoms with van der Waals surface area (Å²) >= 11 is 6.52. The Morgan fingerprint density at radius 1 is 0.864 bits per heavy atom. The lowest BCUT2D eigenvalue weighted by atomic mass is 10.1. The van der Waals surface area contributed by atoms with Crippen LogP contribution in [0.3, 0.4) is 0 Å². The molecule has 2 N–H and O–H groups in total. The van der Waals surface area contributed by atoms with Crippen LogP contribution < -0.4 is 10.2 Å². The number of nitrogens with one attached hydrogen (secondary N) is 1. The van der Waals surface area contributed by atoms with E-state index in [-0.39, 0.29) is 28.5 Å². The first-order valence-corrected chi connectivity index (χ1v) is 15.6. The second-order valence-corrected chi connectivity index (χ2v) is 12.2. The maximum absolute atomic E-state index is 13.6. The second kappa shape index (κ2) is 14.8. The van der Waals surface area contributed by atoms with Gasteiger partial charge in [-0.1, -0.05) is 86.8 Å². The normalized spacial score (nSPS) is 16.6. The monoisotopic (exact) mass is 647 g/mol. The highest BCUT2D eigenvalue weighted by molar-refractivity contribution is 8.26. The zero-order chi connectivity index (χ0) is 31.9. The van der Waals surface area contributed by atoms with Crippen molar-refractivity contribution in [1.29, 1.82) is 0 Å². The summed E-state index contributed by atoms with van der Waals surface area (Å²) in [5, 5.41) is 11.1. The first kappa shape index (κ1) is 33.2. The number of fused-ring (bicyclic) bond motifs is 1. The minimum Gasteiger partial charge on any atom is -0.481 e. The number of hydrogen-bond donors (Lipinski definition) is 2. The molecule has 0 aliphatic carbocycles. The van der Waals surface area contributed by atoms with Crippen LogP contribution in [0.4, 0.5) is 24.5 Å². The molecule has 0 unspecified atom stereocenters. The molecule has 2 aromatic rings.